The summed E-state index contributed by atoms with van der Waals surface area (Å²) >= 11 is 0. The van der Waals surface area contributed by atoms with Crippen LogP contribution in [0.15, 0.2) is 119 Å². The van der Waals surface area contributed by atoms with Crippen molar-refractivity contribution in [1.29, 1.82) is 0 Å². The van der Waals surface area contributed by atoms with Crippen LogP contribution in [0.2, 0.25) is 0 Å². The average molecular weight is 568 g/mol. The number of nitrogens with zero attached hydrogens (tertiary/aromatic N) is 2. The van der Waals surface area contributed by atoms with Gasteiger partial charge >= 0.3 is 6.18 Å². The van der Waals surface area contributed by atoms with Crippen LogP contribution >= 0.6 is 0 Å². The summed E-state index contributed by atoms with van der Waals surface area (Å²) in [5, 5.41) is 3.86. The average Bonchev–Trinajstić information content (AvgIpc) is 2.96. The minimum Gasteiger partial charge on any atom is -0.489 e. The predicted molar refractivity (Wildman–Crippen MR) is 145 cm³/mol. The lowest BCUT2D eigenvalue weighted by atomic mass is 10.2. The van der Waals surface area contributed by atoms with E-state index < -0.39 is 34.2 Å². The highest BCUT2D eigenvalue weighted by Gasteiger charge is 2.33. The summed E-state index contributed by atoms with van der Waals surface area (Å²) in [5.74, 6) is -0.219. The van der Waals surface area contributed by atoms with Crippen LogP contribution in [0.25, 0.3) is 0 Å². The Balaban J connectivity index is 1.45. The van der Waals surface area contributed by atoms with Crippen LogP contribution < -0.4 is 14.5 Å². The molecule has 0 unspecified atom stereocenters. The number of benzene rings is 4. The number of nitrogens with one attached hydrogen (secondary N) is 1. The van der Waals surface area contributed by atoms with E-state index in [0.717, 1.165) is 17.7 Å². The molecule has 0 radical (unpaired) electrons. The maximum absolute atomic E-state index is 13.3. The first-order valence-electron chi connectivity index (χ1n) is 12.0. The second-order valence-electron chi connectivity index (χ2n) is 8.51. The number of amides is 1. The Bertz CT molecular complexity index is 1560. The summed E-state index contributed by atoms with van der Waals surface area (Å²) in [6.07, 6.45) is -3.36. The van der Waals surface area contributed by atoms with E-state index in [4.69, 9.17) is 4.74 Å². The van der Waals surface area contributed by atoms with E-state index in [1.54, 1.807) is 30.3 Å². The minimum atomic E-state index is -4.70. The van der Waals surface area contributed by atoms with Crippen molar-refractivity contribution in [1.82, 2.24) is 5.43 Å². The number of sulfonamides is 1. The molecular formula is C29H24F3N3O4S. The van der Waals surface area contributed by atoms with Gasteiger partial charge in [-0.2, -0.15) is 18.3 Å². The molecule has 0 saturated carbocycles. The molecule has 4 aromatic rings. The molecule has 206 valence electrons. The Morgan fingerprint density at radius 2 is 1.52 bits per heavy atom. The summed E-state index contributed by atoms with van der Waals surface area (Å²) in [4.78, 5) is 12.5. The third-order valence-electron chi connectivity index (χ3n) is 5.61. The predicted octanol–water partition coefficient (Wildman–Crippen LogP) is 5.63. The molecule has 1 amide bonds. The highest BCUT2D eigenvalue weighted by atomic mass is 32.2. The van der Waals surface area contributed by atoms with Gasteiger partial charge in [-0.05, 0) is 65.7 Å². The van der Waals surface area contributed by atoms with Crippen LogP contribution in [0.4, 0.5) is 18.9 Å². The van der Waals surface area contributed by atoms with Crippen molar-refractivity contribution in [2.24, 2.45) is 5.10 Å². The van der Waals surface area contributed by atoms with Gasteiger partial charge in [0.15, 0.2) is 0 Å². The van der Waals surface area contributed by atoms with Crippen molar-refractivity contribution in [3.05, 3.63) is 126 Å². The van der Waals surface area contributed by atoms with Crippen LogP contribution in [0.5, 0.6) is 5.75 Å². The zero-order valence-corrected chi connectivity index (χ0v) is 21.8. The standard InChI is InChI=1S/C29H24F3N3O4S/c30-29(31,32)24-10-7-11-25(18-24)35(40(37,38)27-12-5-2-6-13-27)20-28(36)34-33-19-22-14-16-26(17-15-22)39-21-23-8-3-1-4-9-23/h1-19H,20-21H2,(H,34,36)/b33-19-. The van der Waals surface area contributed by atoms with Crippen LogP contribution in [-0.4, -0.2) is 27.1 Å². The van der Waals surface area contributed by atoms with E-state index >= 15 is 0 Å². The fourth-order valence-electron chi connectivity index (χ4n) is 3.61. The summed E-state index contributed by atoms with van der Waals surface area (Å²) in [6.45, 7) is -0.402. The van der Waals surface area contributed by atoms with Crippen molar-refractivity contribution in [2.75, 3.05) is 10.8 Å². The first-order chi connectivity index (χ1) is 19.1. The second kappa shape index (κ2) is 12.5. The molecule has 1 N–H and O–H groups in total. The lowest BCUT2D eigenvalue weighted by Gasteiger charge is -2.24. The quantitative estimate of drug-likeness (QED) is 0.199. The second-order valence-corrected chi connectivity index (χ2v) is 10.4. The van der Waals surface area contributed by atoms with Crippen molar-refractivity contribution in [3.63, 3.8) is 0 Å². The largest absolute Gasteiger partial charge is 0.489 e. The molecule has 7 nitrogen and oxygen atoms in total. The Kier molecular flexibility index (Phi) is 8.85. The lowest BCUT2D eigenvalue weighted by molar-refractivity contribution is -0.137. The van der Waals surface area contributed by atoms with Crippen molar-refractivity contribution in [2.45, 2.75) is 17.7 Å². The summed E-state index contributed by atoms with van der Waals surface area (Å²) in [7, 11) is -4.38. The number of carbonyl (C=O) groups excluding carboxylic acids is 1. The van der Waals surface area contributed by atoms with Crippen molar-refractivity contribution < 1.29 is 31.1 Å². The third-order valence-corrected chi connectivity index (χ3v) is 7.40. The van der Waals surface area contributed by atoms with Crippen LogP contribution in [0.1, 0.15) is 16.7 Å². The number of alkyl halides is 3. The van der Waals surface area contributed by atoms with Crippen LogP contribution in [0, 0.1) is 0 Å². The minimum absolute atomic E-state index is 0.182. The number of rotatable bonds is 10. The molecule has 0 fully saturated rings. The Morgan fingerprint density at radius 1 is 0.875 bits per heavy atom. The topological polar surface area (TPSA) is 88.1 Å². The molecule has 0 bridgehead atoms. The molecule has 0 aliphatic carbocycles. The number of anilines is 1. The number of hydrogen-bond donors (Lipinski definition) is 1. The van der Waals surface area contributed by atoms with E-state index in [0.29, 0.717) is 28.3 Å². The summed E-state index contributed by atoms with van der Waals surface area (Å²) < 4.78 is 72.9. The van der Waals surface area contributed by atoms with Gasteiger partial charge in [-0.15, -0.1) is 0 Å². The highest BCUT2D eigenvalue weighted by Crippen LogP contribution is 2.33. The lowest BCUT2D eigenvalue weighted by Crippen LogP contribution is -2.39. The van der Waals surface area contributed by atoms with Gasteiger partial charge < -0.3 is 4.74 Å². The Labute approximate surface area is 229 Å². The SMILES string of the molecule is O=C(CN(c1cccc(C(F)(F)F)c1)S(=O)(=O)c1ccccc1)N/N=C\c1ccc(OCc2ccccc2)cc1. The van der Waals surface area contributed by atoms with Gasteiger partial charge in [-0.25, -0.2) is 13.8 Å². The van der Waals surface area contributed by atoms with E-state index in [9.17, 15) is 26.4 Å². The van der Waals surface area contributed by atoms with E-state index in [2.05, 4.69) is 10.5 Å². The highest BCUT2D eigenvalue weighted by molar-refractivity contribution is 7.92. The fraction of sp³-hybridized carbons (Fsp3) is 0.103. The Hall–Kier alpha value is -4.64. The maximum atomic E-state index is 13.3. The van der Waals surface area contributed by atoms with Crippen LogP contribution in [0.3, 0.4) is 0 Å². The van der Waals surface area contributed by atoms with Gasteiger partial charge in [0.25, 0.3) is 15.9 Å². The monoisotopic (exact) mass is 567 g/mol. The van der Waals surface area contributed by atoms with Crippen LogP contribution in [-0.2, 0) is 27.6 Å². The first-order valence-corrected chi connectivity index (χ1v) is 13.4. The fourth-order valence-corrected chi connectivity index (χ4v) is 5.04. The molecule has 11 heteroatoms. The number of carbonyl (C=O) groups is 1. The molecule has 0 spiro atoms. The van der Waals surface area contributed by atoms with E-state index in [1.165, 1.54) is 36.5 Å². The van der Waals surface area contributed by atoms with Gasteiger partial charge in [0.2, 0.25) is 0 Å². The molecule has 0 aliphatic rings. The third kappa shape index (κ3) is 7.48. The number of hydrogen-bond acceptors (Lipinski definition) is 5. The maximum Gasteiger partial charge on any atom is 0.416 e. The van der Waals surface area contributed by atoms with Gasteiger partial charge in [0.05, 0.1) is 22.4 Å². The van der Waals surface area contributed by atoms with Crippen molar-refractivity contribution >= 4 is 27.8 Å². The smallest absolute Gasteiger partial charge is 0.416 e. The Morgan fingerprint density at radius 3 is 2.17 bits per heavy atom. The number of ether oxygens (including phenoxy) is 1. The van der Waals surface area contributed by atoms with Crippen molar-refractivity contribution in [3.8, 4) is 5.75 Å². The molecule has 0 saturated heterocycles. The molecule has 0 aliphatic heterocycles. The number of hydrazone groups is 1. The van der Waals surface area contributed by atoms with Gasteiger partial charge in [0.1, 0.15) is 18.9 Å². The molecule has 4 aromatic carbocycles. The van der Waals surface area contributed by atoms with Gasteiger partial charge in [0, 0.05) is 0 Å². The van der Waals surface area contributed by atoms with Gasteiger partial charge in [-0.3, -0.25) is 9.10 Å². The zero-order chi connectivity index (χ0) is 28.6. The summed E-state index contributed by atoms with van der Waals surface area (Å²) in [6, 6.07) is 27.4. The molecule has 0 aromatic heterocycles. The normalized spacial score (nSPS) is 11.8. The molecular weight excluding hydrogens is 543 g/mol. The zero-order valence-electron chi connectivity index (χ0n) is 21.0. The van der Waals surface area contributed by atoms with Gasteiger partial charge in [-0.1, -0.05) is 54.6 Å². The molecule has 0 atom stereocenters. The number of halogens is 3. The molecule has 40 heavy (non-hydrogen) atoms. The first kappa shape index (κ1) is 28.4. The van der Waals surface area contributed by atoms with E-state index in [1.807, 2.05) is 30.3 Å². The van der Waals surface area contributed by atoms with E-state index in [-0.39, 0.29) is 10.6 Å². The summed E-state index contributed by atoms with van der Waals surface area (Å²) in [5.41, 5.74) is 2.51. The molecule has 4 rings (SSSR count). The molecule has 0 heterocycles.